The third-order valence-electron chi connectivity index (χ3n) is 4.36. The van der Waals surface area contributed by atoms with Crippen molar-refractivity contribution in [1.29, 1.82) is 0 Å². The molecular formula is C21H29N. The van der Waals surface area contributed by atoms with Crippen molar-refractivity contribution in [2.45, 2.75) is 59.5 Å². The molecule has 118 valence electrons. The molecule has 0 saturated heterocycles. The van der Waals surface area contributed by atoms with Crippen molar-refractivity contribution in [3.05, 3.63) is 70.3 Å². The summed E-state index contributed by atoms with van der Waals surface area (Å²) < 4.78 is 0. The van der Waals surface area contributed by atoms with Gasteiger partial charge < -0.3 is 5.32 Å². The Bertz CT molecular complexity index is 571. The van der Waals surface area contributed by atoms with Gasteiger partial charge in [0, 0.05) is 12.6 Å². The largest absolute Gasteiger partial charge is 0.310 e. The molecule has 0 aliphatic heterocycles. The van der Waals surface area contributed by atoms with Gasteiger partial charge in [-0.25, -0.2) is 0 Å². The number of hydrogen-bond donors (Lipinski definition) is 1. The van der Waals surface area contributed by atoms with Gasteiger partial charge in [-0.1, -0.05) is 48.1 Å². The highest BCUT2D eigenvalue weighted by atomic mass is 14.9. The fraction of sp³-hybridized carbons (Fsp3) is 0.429. The highest BCUT2D eigenvalue weighted by molar-refractivity contribution is 5.41. The maximum atomic E-state index is 3.72. The molecule has 1 nitrogen and oxygen atoms in total. The smallest absolute Gasteiger partial charge is 0.0208 e. The molecule has 0 bridgehead atoms. The van der Waals surface area contributed by atoms with E-state index < -0.39 is 0 Å². The first kappa shape index (κ1) is 16.8. The maximum Gasteiger partial charge on any atom is 0.0208 e. The summed E-state index contributed by atoms with van der Waals surface area (Å²) in [5, 5.41) is 3.72. The SMILES string of the molecule is C/C=C1\CC(NCc2ccccc2)CC\C1=C(/C)C=C(C)C. The molecule has 0 aromatic heterocycles. The van der Waals surface area contributed by atoms with Crippen LogP contribution in [0, 0.1) is 0 Å². The van der Waals surface area contributed by atoms with Crippen LogP contribution in [0.1, 0.15) is 52.5 Å². The van der Waals surface area contributed by atoms with Crippen LogP contribution < -0.4 is 5.32 Å². The lowest BCUT2D eigenvalue weighted by molar-refractivity contribution is 0.454. The van der Waals surface area contributed by atoms with Gasteiger partial charge in [0.05, 0.1) is 0 Å². The van der Waals surface area contributed by atoms with E-state index in [-0.39, 0.29) is 0 Å². The molecule has 1 saturated carbocycles. The van der Waals surface area contributed by atoms with Crippen molar-refractivity contribution in [2.75, 3.05) is 0 Å². The van der Waals surface area contributed by atoms with Crippen LogP contribution >= 0.6 is 0 Å². The molecule has 1 N–H and O–H groups in total. The second-order valence-corrected chi connectivity index (χ2v) is 6.50. The summed E-state index contributed by atoms with van der Waals surface area (Å²) in [7, 11) is 0. The normalized spacial score (nSPS) is 22.5. The Morgan fingerprint density at radius 3 is 2.55 bits per heavy atom. The number of allylic oxidation sites excluding steroid dienone is 5. The summed E-state index contributed by atoms with van der Waals surface area (Å²) >= 11 is 0. The Morgan fingerprint density at radius 1 is 1.18 bits per heavy atom. The lowest BCUT2D eigenvalue weighted by atomic mass is 9.83. The second kappa shape index (κ2) is 8.14. The Labute approximate surface area is 135 Å². The van der Waals surface area contributed by atoms with Crippen molar-refractivity contribution in [1.82, 2.24) is 5.32 Å². The first-order chi connectivity index (χ1) is 10.6. The van der Waals surface area contributed by atoms with Gasteiger partial charge in [-0.15, -0.1) is 0 Å². The molecule has 1 aromatic rings. The van der Waals surface area contributed by atoms with Crippen LogP contribution in [0.2, 0.25) is 0 Å². The van der Waals surface area contributed by atoms with E-state index in [9.17, 15) is 0 Å². The van der Waals surface area contributed by atoms with Gasteiger partial charge >= 0.3 is 0 Å². The minimum absolute atomic E-state index is 0.592. The van der Waals surface area contributed by atoms with E-state index in [0.29, 0.717) is 6.04 Å². The van der Waals surface area contributed by atoms with Crippen LogP contribution in [0.25, 0.3) is 0 Å². The van der Waals surface area contributed by atoms with Crippen molar-refractivity contribution >= 4 is 0 Å². The molecule has 1 fully saturated rings. The van der Waals surface area contributed by atoms with Crippen LogP contribution in [-0.2, 0) is 6.54 Å². The zero-order valence-electron chi connectivity index (χ0n) is 14.4. The van der Waals surface area contributed by atoms with E-state index in [1.54, 1.807) is 5.57 Å². The van der Waals surface area contributed by atoms with Crippen LogP contribution in [0.4, 0.5) is 0 Å². The average molecular weight is 295 g/mol. The summed E-state index contributed by atoms with van der Waals surface area (Å²) in [6, 6.07) is 11.3. The number of benzene rings is 1. The molecule has 1 atom stereocenters. The predicted octanol–water partition coefficient (Wildman–Crippen LogP) is 5.56. The van der Waals surface area contributed by atoms with Crippen LogP contribution in [0.3, 0.4) is 0 Å². The molecule has 0 spiro atoms. The van der Waals surface area contributed by atoms with Crippen molar-refractivity contribution in [3.63, 3.8) is 0 Å². The van der Waals surface area contributed by atoms with Crippen molar-refractivity contribution in [2.24, 2.45) is 0 Å². The fourth-order valence-corrected chi connectivity index (χ4v) is 3.26. The molecule has 1 aromatic carbocycles. The van der Waals surface area contributed by atoms with E-state index >= 15 is 0 Å². The first-order valence-electron chi connectivity index (χ1n) is 8.37. The zero-order chi connectivity index (χ0) is 15.9. The Balaban J connectivity index is 2.00. The van der Waals surface area contributed by atoms with Gasteiger partial charge in [0.2, 0.25) is 0 Å². The fourth-order valence-electron chi connectivity index (χ4n) is 3.26. The quantitative estimate of drug-likeness (QED) is 0.767. The Kier molecular flexibility index (Phi) is 6.21. The predicted molar refractivity (Wildman–Crippen MR) is 96.8 cm³/mol. The summed E-state index contributed by atoms with van der Waals surface area (Å²) in [5.74, 6) is 0. The molecule has 1 aliphatic carbocycles. The molecule has 0 heterocycles. The van der Waals surface area contributed by atoms with Gasteiger partial charge in [0.15, 0.2) is 0 Å². The molecule has 2 rings (SSSR count). The van der Waals surface area contributed by atoms with E-state index in [0.717, 1.165) is 13.0 Å². The van der Waals surface area contributed by atoms with Crippen molar-refractivity contribution < 1.29 is 0 Å². The van der Waals surface area contributed by atoms with Gasteiger partial charge in [-0.05, 0) is 69.2 Å². The van der Waals surface area contributed by atoms with Gasteiger partial charge in [0.1, 0.15) is 0 Å². The molecule has 0 radical (unpaired) electrons. The molecule has 22 heavy (non-hydrogen) atoms. The lowest BCUT2D eigenvalue weighted by Crippen LogP contribution is -2.32. The van der Waals surface area contributed by atoms with E-state index in [2.05, 4.69) is 75.5 Å². The Morgan fingerprint density at radius 2 is 1.91 bits per heavy atom. The zero-order valence-corrected chi connectivity index (χ0v) is 14.4. The molecular weight excluding hydrogens is 266 g/mol. The first-order valence-corrected chi connectivity index (χ1v) is 8.37. The summed E-state index contributed by atoms with van der Waals surface area (Å²) in [5.41, 5.74) is 7.26. The van der Waals surface area contributed by atoms with Crippen LogP contribution in [0.5, 0.6) is 0 Å². The van der Waals surface area contributed by atoms with Crippen LogP contribution in [0.15, 0.2) is 64.8 Å². The lowest BCUT2D eigenvalue weighted by Gasteiger charge is -2.29. The van der Waals surface area contributed by atoms with E-state index in [1.807, 2.05) is 0 Å². The highest BCUT2D eigenvalue weighted by Crippen LogP contribution is 2.32. The number of nitrogens with one attached hydrogen (secondary N) is 1. The molecule has 1 heteroatoms. The standard InChI is InChI=1S/C21H29N/c1-5-19-14-20(22-15-18-9-7-6-8-10-18)11-12-21(19)17(4)13-16(2)3/h5-10,13,20,22H,11-12,14-15H2,1-4H3/b19-5+,21-17-. The topological polar surface area (TPSA) is 12.0 Å². The van der Waals surface area contributed by atoms with Gasteiger partial charge in [0.25, 0.3) is 0 Å². The third kappa shape index (κ3) is 4.71. The third-order valence-corrected chi connectivity index (χ3v) is 4.36. The number of rotatable bonds is 4. The monoisotopic (exact) mass is 295 g/mol. The summed E-state index contributed by atoms with van der Waals surface area (Å²) in [4.78, 5) is 0. The minimum atomic E-state index is 0.592. The minimum Gasteiger partial charge on any atom is -0.310 e. The van der Waals surface area contributed by atoms with Gasteiger partial charge in [-0.3, -0.25) is 0 Å². The Hall–Kier alpha value is -1.60. The summed E-state index contributed by atoms with van der Waals surface area (Å²) in [6.45, 7) is 9.74. The maximum absolute atomic E-state index is 3.72. The second-order valence-electron chi connectivity index (χ2n) is 6.50. The molecule has 1 aliphatic rings. The molecule has 0 amide bonds. The van der Waals surface area contributed by atoms with Crippen LogP contribution in [-0.4, -0.2) is 6.04 Å². The average Bonchev–Trinajstić information content (AvgIpc) is 2.53. The highest BCUT2D eigenvalue weighted by Gasteiger charge is 2.20. The van der Waals surface area contributed by atoms with Crippen molar-refractivity contribution in [3.8, 4) is 0 Å². The van der Waals surface area contributed by atoms with E-state index in [1.165, 1.54) is 35.1 Å². The van der Waals surface area contributed by atoms with Gasteiger partial charge in [-0.2, -0.15) is 0 Å². The molecule has 1 unspecified atom stereocenters. The number of hydrogen-bond acceptors (Lipinski definition) is 1. The summed E-state index contributed by atoms with van der Waals surface area (Å²) in [6.07, 6.45) is 8.17. The van der Waals surface area contributed by atoms with E-state index in [4.69, 9.17) is 0 Å².